The Balaban J connectivity index is 1.78. The first-order chi connectivity index (χ1) is 17.0. The van der Waals surface area contributed by atoms with Crippen LogP contribution in [0.4, 0.5) is 29.3 Å². The van der Waals surface area contributed by atoms with Gasteiger partial charge in [0.25, 0.3) is 0 Å². The van der Waals surface area contributed by atoms with E-state index in [0.717, 1.165) is 17.7 Å². The van der Waals surface area contributed by atoms with Gasteiger partial charge in [0.1, 0.15) is 6.61 Å². The number of carbonyl (C=O) groups is 1. The highest BCUT2D eigenvalue weighted by molar-refractivity contribution is 6.08. The van der Waals surface area contributed by atoms with Crippen molar-refractivity contribution in [2.75, 3.05) is 18.1 Å². The first-order valence-electron chi connectivity index (χ1n) is 10.9. The van der Waals surface area contributed by atoms with Crippen LogP contribution in [0.15, 0.2) is 76.3 Å². The zero-order valence-corrected chi connectivity index (χ0v) is 19.4. The molecular weight excluding hydrogens is 475 g/mol. The molecule has 0 atom stereocenters. The molecule has 0 unspecified atom stereocenters. The van der Waals surface area contributed by atoms with Crippen molar-refractivity contribution in [2.24, 2.45) is 10.7 Å². The number of nitrogens with zero attached hydrogens (tertiary/aromatic N) is 4. The molecule has 1 aliphatic heterocycles. The van der Waals surface area contributed by atoms with E-state index in [2.05, 4.69) is 10.1 Å². The van der Waals surface area contributed by atoms with E-state index in [1.54, 1.807) is 25.1 Å². The van der Waals surface area contributed by atoms with Gasteiger partial charge in [-0.3, -0.25) is 9.69 Å². The molecule has 8 nitrogen and oxygen atoms in total. The summed E-state index contributed by atoms with van der Waals surface area (Å²) in [4.78, 5) is 30.4. The molecular formula is C25H22F3N5O3. The molecule has 3 aromatic rings. The number of ether oxygens (including phenoxy) is 1. The Morgan fingerprint density at radius 2 is 1.94 bits per heavy atom. The fourth-order valence-electron chi connectivity index (χ4n) is 3.67. The van der Waals surface area contributed by atoms with E-state index in [9.17, 15) is 22.8 Å². The summed E-state index contributed by atoms with van der Waals surface area (Å²) in [5.74, 6) is 0. The number of aryl methyl sites for hydroxylation is 1. The summed E-state index contributed by atoms with van der Waals surface area (Å²) in [6.45, 7) is 4.14. The van der Waals surface area contributed by atoms with Gasteiger partial charge in [-0.2, -0.15) is 18.3 Å². The van der Waals surface area contributed by atoms with Crippen molar-refractivity contribution < 1.29 is 22.7 Å². The van der Waals surface area contributed by atoms with Crippen LogP contribution in [0.3, 0.4) is 0 Å². The van der Waals surface area contributed by atoms with Gasteiger partial charge < -0.3 is 10.5 Å². The summed E-state index contributed by atoms with van der Waals surface area (Å²) in [6.07, 6.45) is -2.12. The predicted octanol–water partition coefficient (Wildman–Crippen LogP) is 4.50. The maximum atomic E-state index is 13.2. The van der Waals surface area contributed by atoms with Gasteiger partial charge in [0.15, 0.2) is 5.69 Å². The molecule has 4 rings (SSSR count). The van der Waals surface area contributed by atoms with Crippen LogP contribution in [0.25, 0.3) is 5.69 Å². The molecule has 0 spiro atoms. The van der Waals surface area contributed by atoms with E-state index in [-0.39, 0.29) is 22.8 Å². The lowest BCUT2D eigenvalue weighted by Crippen LogP contribution is -2.24. The molecule has 2 aromatic carbocycles. The SMILES string of the molecule is CC(N)=CC(=Nc1cccc(C(F)(F)F)c1)c1nn(-c2ccc(N3CCOC3=O)cc2C)ccc1=O. The third-order valence-electron chi connectivity index (χ3n) is 5.34. The van der Waals surface area contributed by atoms with Crippen molar-refractivity contribution >= 4 is 23.2 Å². The monoisotopic (exact) mass is 497 g/mol. The highest BCUT2D eigenvalue weighted by atomic mass is 19.4. The lowest BCUT2D eigenvalue weighted by Gasteiger charge is -2.16. The number of cyclic esters (lactones) is 1. The number of rotatable bonds is 5. The zero-order chi connectivity index (χ0) is 26.0. The number of benzene rings is 2. The van der Waals surface area contributed by atoms with Crippen molar-refractivity contribution in [3.8, 4) is 5.69 Å². The Kier molecular flexibility index (Phi) is 6.65. The number of anilines is 1. The highest BCUT2D eigenvalue weighted by Crippen LogP contribution is 2.31. The maximum Gasteiger partial charge on any atom is 0.416 e. The number of halogens is 3. The van der Waals surface area contributed by atoms with Gasteiger partial charge >= 0.3 is 12.3 Å². The molecule has 36 heavy (non-hydrogen) atoms. The fourth-order valence-corrected chi connectivity index (χ4v) is 3.67. The van der Waals surface area contributed by atoms with Crippen LogP contribution in [0.1, 0.15) is 23.7 Å². The summed E-state index contributed by atoms with van der Waals surface area (Å²) in [7, 11) is 0. The molecule has 0 radical (unpaired) electrons. The molecule has 11 heteroatoms. The van der Waals surface area contributed by atoms with E-state index in [4.69, 9.17) is 10.5 Å². The van der Waals surface area contributed by atoms with Gasteiger partial charge in [-0.25, -0.2) is 14.5 Å². The van der Waals surface area contributed by atoms with Gasteiger partial charge in [0.2, 0.25) is 5.43 Å². The van der Waals surface area contributed by atoms with Gasteiger partial charge in [0, 0.05) is 23.6 Å². The second-order valence-corrected chi connectivity index (χ2v) is 8.14. The van der Waals surface area contributed by atoms with Crippen LogP contribution >= 0.6 is 0 Å². The van der Waals surface area contributed by atoms with E-state index in [1.807, 2.05) is 6.92 Å². The van der Waals surface area contributed by atoms with Crippen LogP contribution in [0, 0.1) is 6.92 Å². The standard InChI is InChI=1S/C25H22F3N5O3/c1-15-12-19(32-10-11-36-24(32)35)6-7-21(15)33-9-8-22(34)23(31-33)20(13-16(2)29)30-18-5-3-4-17(14-18)25(26,27)28/h3-9,12-14H,10-11,29H2,1-2H3. The largest absolute Gasteiger partial charge is 0.447 e. The van der Waals surface area contributed by atoms with Gasteiger partial charge in [0.05, 0.1) is 29.2 Å². The van der Waals surface area contributed by atoms with E-state index in [1.165, 1.54) is 40.1 Å². The Bertz CT molecular complexity index is 1440. The average Bonchev–Trinajstić information content (AvgIpc) is 3.24. The van der Waals surface area contributed by atoms with Gasteiger partial charge in [-0.05, 0) is 61.9 Å². The van der Waals surface area contributed by atoms with E-state index < -0.39 is 23.3 Å². The Morgan fingerprint density at radius 1 is 1.17 bits per heavy atom. The molecule has 0 saturated carbocycles. The zero-order valence-electron chi connectivity index (χ0n) is 19.4. The van der Waals surface area contributed by atoms with Crippen LogP contribution < -0.4 is 16.1 Å². The summed E-state index contributed by atoms with van der Waals surface area (Å²) in [6, 6.07) is 11.0. The van der Waals surface area contributed by atoms with Crippen molar-refractivity contribution in [1.29, 1.82) is 0 Å². The number of hydrogen-bond donors (Lipinski definition) is 1. The predicted molar refractivity (Wildman–Crippen MR) is 129 cm³/mol. The normalized spacial score (nSPS) is 14.8. The van der Waals surface area contributed by atoms with Crippen LogP contribution in [0.2, 0.25) is 0 Å². The molecule has 0 aliphatic carbocycles. The molecule has 1 aromatic heterocycles. The number of allylic oxidation sites excluding steroid dienone is 2. The first-order valence-corrected chi connectivity index (χ1v) is 10.9. The van der Waals surface area contributed by atoms with Crippen LogP contribution in [-0.2, 0) is 10.9 Å². The molecule has 2 N–H and O–H groups in total. The minimum absolute atomic E-state index is 0.00744. The molecule has 1 fully saturated rings. The molecule has 1 aliphatic rings. The topological polar surface area (TPSA) is 103 Å². The average molecular weight is 497 g/mol. The minimum Gasteiger partial charge on any atom is -0.447 e. The summed E-state index contributed by atoms with van der Waals surface area (Å²) in [5.41, 5.74) is 6.72. The van der Waals surface area contributed by atoms with Crippen molar-refractivity contribution in [3.63, 3.8) is 0 Å². The third kappa shape index (κ3) is 5.29. The molecule has 186 valence electrons. The van der Waals surface area contributed by atoms with E-state index >= 15 is 0 Å². The van der Waals surface area contributed by atoms with Crippen molar-refractivity contribution in [3.05, 3.63) is 93.5 Å². The number of hydrogen-bond acceptors (Lipinski definition) is 6. The fraction of sp³-hybridized carbons (Fsp3) is 0.200. The minimum atomic E-state index is -4.54. The lowest BCUT2D eigenvalue weighted by atomic mass is 10.1. The smallest absolute Gasteiger partial charge is 0.416 e. The van der Waals surface area contributed by atoms with Crippen molar-refractivity contribution in [1.82, 2.24) is 9.78 Å². The second kappa shape index (κ2) is 9.68. The third-order valence-corrected chi connectivity index (χ3v) is 5.34. The first kappa shape index (κ1) is 24.7. The Labute approximate surface area is 204 Å². The molecule has 0 bridgehead atoms. The molecule has 1 saturated heterocycles. The van der Waals surface area contributed by atoms with Gasteiger partial charge in [-0.15, -0.1) is 0 Å². The number of nitrogens with two attached hydrogens (primary N) is 1. The molecule has 1 amide bonds. The highest BCUT2D eigenvalue weighted by Gasteiger charge is 2.30. The van der Waals surface area contributed by atoms with Crippen molar-refractivity contribution in [2.45, 2.75) is 20.0 Å². The Hall–Kier alpha value is -4.41. The Morgan fingerprint density at radius 3 is 2.58 bits per heavy atom. The summed E-state index contributed by atoms with van der Waals surface area (Å²) >= 11 is 0. The van der Waals surface area contributed by atoms with E-state index in [0.29, 0.717) is 24.5 Å². The quantitative estimate of drug-likeness (QED) is 0.523. The lowest BCUT2D eigenvalue weighted by molar-refractivity contribution is -0.137. The van der Waals surface area contributed by atoms with Crippen LogP contribution in [-0.4, -0.2) is 34.7 Å². The number of aromatic nitrogens is 2. The number of amides is 1. The summed E-state index contributed by atoms with van der Waals surface area (Å²) < 4.78 is 45.9. The second-order valence-electron chi connectivity index (χ2n) is 8.14. The number of aliphatic imine (C=N–C) groups is 1. The summed E-state index contributed by atoms with van der Waals surface area (Å²) in [5, 5.41) is 4.41. The number of alkyl halides is 3. The van der Waals surface area contributed by atoms with Gasteiger partial charge in [-0.1, -0.05) is 6.07 Å². The molecule has 2 heterocycles. The maximum absolute atomic E-state index is 13.2. The number of carbonyl (C=O) groups excluding carboxylic acids is 1. The van der Waals surface area contributed by atoms with Crippen LogP contribution in [0.5, 0.6) is 0 Å².